The fourth-order valence-electron chi connectivity index (χ4n) is 2.79. The highest BCUT2D eigenvalue weighted by molar-refractivity contribution is 5.76. The van der Waals surface area contributed by atoms with Crippen LogP contribution in [0.15, 0.2) is 48.7 Å². The van der Waals surface area contributed by atoms with Gasteiger partial charge in [-0.15, -0.1) is 0 Å². The van der Waals surface area contributed by atoms with E-state index in [2.05, 4.69) is 17.1 Å². The fourth-order valence-corrected chi connectivity index (χ4v) is 2.79. The Bertz CT molecular complexity index is 725. The van der Waals surface area contributed by atoms with Gasteiger partial charge in [-0.05, 0) is 30.2 Å². The number of carbonyl (C=O) groups is 1. The molecule has 0 unspecified atom stereocenters. The van der Waals surface area contributed by atoms with Gasteiger partial charge in [0, 0.05) is 23.9 Å². The molecule has 1 aliphatic rings. The predicted octanol–water partition coefficient (Wildman–Crippen LogP) is 3.14. The number of pyridine rings is 1. The molecule has 1 aromatic carbocycles. The monoisotopic (exact) mass is 309 g/mol. The number of nitrogens with zero attached hydrogens (tertiary/aromatic N) is 1. The lowest BCUT2D eigenvalue weighted by molar-refractivity contribution is -0.156. The normalized spacial score (nSPS) is 21.4. The van der Waals surface area contributed by atoms with Crippen LogP contribution in [0.4, 0.5) is 0 Å². The van der Waals surface area contributed by atoms with Crippen molar-refractivity contribution in [2.75, 3.05) is 0 Å². The third-order valence-corrected chi connectivity index (χ3v) is 3.94. The molecular weight excluding hydrogens is 290 g/mol. The zero-order valence-corrected chi connectivity index (χ0v) is 13.0. The van der Waals surface area contributed by atoms with Gasteiger partial charge in [0.1, 0.15) is 6.10 Å². The molecule has 0 radical (unpaired) electrons. The number of aliphatic hydroxyl groups is 1. The number of aromatic nitrogens is 1. The second kappa shape index (κ2) is 6.75. The minimum Gasteiger partial charge on any atom is -0.458 e. The van der Waals surface area contributed by atoms with Crippen molar-refractivity contribution >= 4 is 12.0 Å². The van der Waals surface area contributed by atoms with Crippen LogP contribution >= 0.6 is 0 Å². The number of hydrogen-bond acceptors (Lipinski definition) is 4. The molecule has 1 fully saturated rings. The van der Waals surface area contributed by atoms with Crippen LogP contribution in [0, 0.1) is 6.92 Å². The van der Waals surface area contributed by atoms with Crippen molar-refractivity contribution in [3.8, 4) is 11.1 Å². The van der Waals surface area contributed by atoms with Crippen molar-refractivity contribution in [1.82, 2.24) is 4.98 Å². The highest BCUT2D eigenvalue weighted by atomic mass is 16.5. The lowest BCUT2D eigenvalue weighted by atomic mass is 9.98. The number of aryl methyl sites for hydroxylation is 1. The first-order chi connectivity index (χ1) is 11.1. The standard InChI is InChI=1S/C19H19NO3/c1-13-17(8-7-16-11-15(21)12-19(22)23-16)18(9-10-20-13)14-5-3-2-4-6-14/h2-10,15-16,21H,11-12H2,1H3/t15-,16-/m0/s1. The summed E-state index contributed by atoms with van der Waals surface area (Å²) in [5, 5.41) is 9.69. The van der Waals surface area contributed by atoms with E-state index in [-0.39, 0.29) is 12.4 Å². The van der Waals surface area contributed by atoms with E-state index in [0.29, 0.717) is 6.42 Å². The van der Waals surface area contributed by atoms with E-state index in [1.807, 2.05) is 43.3 Å². The van der Waals surface area contributed by atoms with Crippen molar-refractivity contribution < 1.29 is 14.6 Å². The summed E-state index contributed by atoms with van der Waals surface area (Å²) in [7, 11) is 0. The summed E-state index contributed by atoms with van der Waals surface area (Å²) in [6.07, 6.45) is 5.04. The van der Waals surface area contributed by atoms with Crippen LogP contribution in [0.2, 0.25) is 0 Å². The van der Waals surface area contributed by atoms with Gasteiger partial charge in [-0.2, -0.15) is 0 Å². The van der Waals surface area contributed by atoms with Gasteiger partial charge >= 0.3 is 5.97 Å². The molecule has 0 aliphatic carbocycles. The first-order valence-corrected chi connectivity index (χ1v) is 7.70. The van der Waals surface area contributed by atoms with E-state index in [0.717, 1.165) is 22.4 Å². The van der Waals surface area contributed by atoms with E-state index < -0.39 is 12.2 Å². The number of carbonyl (C=O) groups excluding carboxylic acids is 1. The molecule has 0 saturated carbocycles. The second-order valence-corrected chi connectivity index (χ2v) is 5.70. The third kappa shape index (κ3) is 3.66. The molecule has 0 amide bonds. The van der Waals surface area contributed by atoms with Crippen LogP contribution in [0.25, 0.3) is 17.2 Å². The largest absolute Gasteiger partial charge is 0.458 e. The zero-order chi connectivity index (χ0) is 16.2. The van der Waals surface area contributed by atoms with E-state index in [9.17, 15) is 9.90 Å². The average Bonchev–Trinajstić information content (AvgIpc) is 2.53. The summed E-state index contributed by atoms with van der Waals surface area (Å²) in [4.78, 5) is 15.8. The fraction of sp³-hybridized carbons (Fsp3) is 0.263. The van der Waals surface area contributed by atoms with Crippen LogP contribution in [0.1, 0.15) is 24.1 Å². The van der Waals surface area contributed by atoms with Crippen LogP contribution in [0.5, 0.6) is 0 Å². The van der Waals surface area contributed by atoms with Gasteiger partial charge in [0.15, 0.2) is 0 Å². The third-order valence-electron chi connectivity index (χ3n) is 3.94. The Morgan fingerprint density at radius 1 is 1.26 bits per heavy atom. The Morgan fingerprint density at radius 3 is 2.78 bits per heavy atom. The molecule has 1 aliphatic heterocycles. The minimum atomic E-state index is -0.630. The first-order valence-electron chi connectivity index (χ1n) is 7.70. The van der Waals surface area contributed by atoms with Crippen LogP contribution in [-0.2, 0) is 9.53 Å². The van der Waals surface area contributed by atoms with E-state index in [1.165, 1.54) is 0 Å². The van der Waals surface area contributed by atoms with Gasteiger partial charge in [-0.25, -0.2) is 0 Å². The molecule has 0 bridgehead atoms. The maximum absolute atomic E-state index is 11.4. The maximum Gasteiger partial charge on any atom is 0.309 e. The van der Waals surface area contributed by atoms with Gasteiger partial charge in [0.25, 0.3) is 0 Å². The van der Waals surface area contributed by atoms with Crippen LogP contribution < -0.4 is 0 Å². The first kappa shape index (κ1) is 15.4. The molecule has 2 atom stereocenters. The Hall–Kier alpha value is -2.46. The van der Waals surface area contributed by atoms with E-state index in [4.69, 9.17) is 4.74 Å². The number of benzene rings is 1. The number of ether oxygens (including phenoxy) is 1. The van der Waals surface area contributed by atoms with Gasteiger partial charge in [0.05, 0.1) is 12.5 Å². The topological polar surface area (TPSA) is 59.4 Å². The van der Waals surface area contributed by atoms with Crippen LogP contribution in [0.3, 0.4) is 0 Å². The number of rotatable bonds is 3. The molecule has 4 nitrogen and oxygen atoms in total. The highest BCUT2D eigenvalue weighted by Crippen LogP contribution is 2.27. The SMILES string of the molecule is Cc1nccc(-c2ccccc2)c1C=C[C@H]1C[C@H](O)CC(=O)O1. The highest BCUT2D eigenvalue weighted by Gasteiger charge is 2.25. The summed E-state index contributed by atoms with van der Waals surface area (Å²) >= 11 is 0. The number of aliphatic hydroxyl groups excluding tert-OH is 1. The lowest BCUT2D eigenvalue weighted by Gasteiger charge is -2.23. The molecular formula is C19H19NO3. The van der Waals surface area contributed by atoms with Crippen molar-refractivity contribution in [3.63, 3.8) is 0 Å². The number of esters is 1. The summed E-state index contributed by atoms with van der Waals surface area (Å²) in [5.74, 6) is -0.357. The van der Waals surface area contributed by atoms with Crippen LogP contribution in [-0.4, -0.2) is 28.3 Å². The van der Waals surface area contributed by atoms with Gasteiger partial charge < -0.3 is 9.84 Å². The van der Waals surface area contributed by atoms with Crippen molar-refractivity contribution in [3.05, 3.63) is 59.9 Å². The molecule has 1 saturated heterocycles. The lowest BCUT2D eigenvalue weighted by Crippen LogP contribution is -2.31. The van der Waals surface area contributed by atoms with Crippen molar-refractivity contribution in [1.29, 1.82) is 0 Å². The zero-order valence-electron chi connectivity index (χ0n) is 13.0. The molecule has 2 aromatic rings. The summed E-state index contributed by atoms with van der Waals surface area (Å²) in [6, 6.07) is 12.1. The molecule has 1 aromatic heterocycles. The molecule has 0 spiro atoms. The molecule has 118 valence electrons. The number of cyclic esters (lactones) is 1. The molecule has 1 N–H and O–H groups in total. The smallest absolute Gasteiger partial charge is 0.309 e. The quantitative estimate of drug-likeness (QED) is 0.885. The average molecular weight is 309 g/mol. The minimum absolute atomic E-state index is 0.0749. The maximum atomic E-state index is 11.4. The second-order valence-electron chi connectivity index (χ2n) is 5.70. The Kier molecular flexibility index (Phi) is 4.53. The Morgan fingerprint density at radius 2 is 2.04 bits per heavy atom. The Labute approximate surface area is 135 Å². The molecule has 4 heteroatoms. The van der Waals surface area contributed by atoms with Crippen molar-refractivity contribution in [2.45, 2.75) is 32.0 Å². The summed E-state index contributed by atoms with van der Waals surface area (Å²) in [6.45, 7) is 1.95. The summed E-state index contributed by atoms with van der Waals surface area (Å²) < 4.78 is 5.26. The summed E-state index contributed by atoms with van der Waals surface area (Å²) in [5.41, 5.74) is 4.09. The molecule has 23 heavy (non-hydrogen) atoms. The van der Waals surface area contributed by atoms with Crippen molar-refractivity contribution in [2.24, 2.45) is 0 Å². The number of hydrogen-bond donors (Lipinski definition) is 1. The molecule has 3 rings (SSSR count). The Balaban J connectivity index is 1.91. The predicted molar refractivity (Wildman–Crippen MR) is 88.6 cm³/mol. The van der Waals surface area contributed by atoms with Gasteiger partial charge in [-0.1, -0.05) is 36.4 Å². The molecule has 2 heterocycles. The van der Waals surface area contributed by atoms with Gasteiger partial charge in [-0.3, -0.25) is 9.78 Å². The van der Waals surface area contributed by atoms with Gasteiger partial charge in [0.2, 0.25) is 0 Å². The van der Waals surface area contributed by atoms with E-state index in [1.54, 1.807) is 6.20 Å². The van der Waals surface area contributed by atoms with E-state index >= 15 is 0 Å².